The molecule has 134 valence electrons. The van der Waals surface area contributed by atoms with E-state index in [1.54, 1.807) is 48.9 Å². The third kappa shape index (κ3) is 3.55. The quantitative estimate of drug-likeness (QED) is 0.581. The molecule has 0 aliphatic carbocycles. The van der Waals surface area contributed by atoms with Gasteiger partial charge in [0.15, 0.2) is 0 Å². The van der Waals surface area contributed by atoms with Crippen LogP contribution >= 0.6 is 0 Å². The smallest absolute Gasteiger partial charge is 0.228 e. The zero-order valence-corrected chi connectivity index (χ0v) is 14.2. The van der Waals surface area contributed by atoms with E-state index in [0.29, 0.717) is 16.6 Å². The van der Waals surface area contributed by atoms with Gasteiger partial charge >= 0.3 is 0 Å². The van der Waals surface area contributed by atoms with E-state index in [1.807, 2.05) is 4.57 Å². The third-order valence-electron chi connectivity index (χ3n) is 4.27. The van der Waals surface area contributed by atoms with Crippen LogP contribution in [0.15, 0.2) is 73.2 Å². The number of carbonyl (C=O) groups is 1. The average Bonchev–Trinajstić information content (AvgIpc) is 3.00. The molecule has 0 spiro atoms. The molecule has 4 nitrogen and oxygen atoms in total. The summed E-state index contributed by atoms with van der Waals surface area (Å²) in [6.07, 6.45) is 5.04. The lowest BCUT2D eigenvalue weighted by molar-refractivity contribution is -0.115. The van der Waals surface area contributed by atoms with Gasteiger partial charge in [0.2, 0.25) is 5.91 Å². The van der Waals surface area contributed by atoms with Crippen LogP contribution in [0, 0.1) is 11.6 Å². The molecule has 4 rings (SSSR count). The molecule has 6 heteroatoms. The Balaban J connectivity index is 1.71. The number of amides is 1. The number of nitrogens with one attached hydrogen (secondary N) is 1. The topological polar surface area (TPSA) is 46.9 Å². The number of pyridine rings is 1. The van der Waals surface area contributed by atoms with Gasteiger partial charge in [-0.05, 0) is 60.2 Å². The standard InChI is InChI=1S/C21H15F2N3O/c22-15-1-4-18(5-2-15)26-13-14(19-12-16(23)3-6-20(19)26)11-21(27)25-17-7-9-24-10-8-17/h1-10,12-13H,11H2,(H,24,25,27). The number of nitrogens with zero attached hydrogens (tertiary/aromatic N) is 2. The van der Waals surface area contributed by atoms with E-state index in [4.69, 9.17) is 0 Å². The SMILES string of the molecule is O=C(Cc1cn(-c2ccc(F)cc2)c2ccc(F)cc12)Nc1ccncc1. The van der Waals surface area contributed by atoms with Crippen molar-refractivity contribution in [3.63, 3.8) is 0 Å². The van der Waals surface area contributed by atoms with Crippen molar-refractivity contribution < 1.29 is 13.6 Å². The summed E-state index contributed by atoms with van der Waals surface area (Å²) in [6, 6.07) is 13.8. The number of fused-ring (bicyclic) bond motifs is 1. The first-order valence-electron chi connectivity index (χ1n) is 8.35. The van der Waals surface area contributed by atoms with Crippen molar-refractivity contribution >= 4 is 22.5 Å². The fourth-order valence-electron chi connectivity index (χ4n) is 3.04. The number of halogens is 2. The Morgan fingerprint density at radius 1 is 0.963 bits per heavy atom. The second-order valence-electron chi connectivity index (χ2n) is 6.12. The van der Waals surface area contributed by atoms with Gasteiger partial charge < -0.3 is 9.88 Å². The lowest BCUT2D eigenvalue weighted by atomic mass is 10.1. The van der Waals surface area contributed by atoms with Crippen LogP contribution in [0.1, 0.15) is 5.56 Å². The molecule has 0 unspecified atom stereocenters. The first-order chi connectivity index (χ1) is 13.1. The Bertz CT molecular complexity index is 1110. The highest BCUT2D eigenvalue weighted by atomic mass is 19.1. The molecule has 0 atom stereocenters. The Labute approximate surface area is 154 Å². The highest BCUT2D eigenvalue weighted by molar-refractivity contribution is 5.96. The molecule has 4 aromatic rings. The van der Waals surface area contributed by atoms with Gasteiger partial charge in [-0.15, -0.1) is 0 Å². The van der Waals surface area contributed by atoms with Crippen LogP contribution in [0.3, 0.4) is 0 Å². The molecule has 1 N–H and O–H groups in total. The predicted octanol–water partition coefficient (Wildman–Crippen LogP) is 4.48. The minimum Gasteiger partial charge on any atom is -0.326 e. The van der Waals surface area contributed by atoms with Gasteiger partial charge in [-0.3, -0.25) is 9.78 Å². The fraction of sp³-hybridized carbons (Fsp3) is 0.0476. The summed E-state index contributed by atoms with van der Waals surface area (Å²) in [7, 11) is 0. The van der Waals surface area contributed by atoms with Gasteiger partial charge in [0.1, 0.15) is 11.6 Å². The van der Waals surface area contributed by atoms with Gasteiger partial charge in [-0.2, -0.15) is 0 Å². The second-order valence-corrected chi connectivity index (χ2v) is 6.12. The maximum atomic E-state index is 13.8. The highest BCUT2D eigenvalue weighted by Crippen LogP contribution is 2.26. The monoisotopic (exact) mass is 363 g/mol. The van der Waals surface area contributed by atoms with Crippen molar-refractivity contribution in [3.8, 4) is 5.69 Å². The lowest BCUT2D eigenvalue weighted by Crippen LogP contribution is -2.14. The second kappa shape index (κ2) is 6.99. The summed E-state index contributed by atoms with van der Waals surface area (Å²) < 4.78 is 28.9. The van der Waals surface area contributed by atoms with Crippen molar-refractivity contribution in [1.29, 1.82) is 0 Å². The molecule has 2 aromatic heterocycles. The summed E-state index contributed by atoms with van der Waals surface area (Å²) in [6.45, 7) is 0. The molecule has 0 aliphatic rings. The number of hydrogen-bond donors (Lipinski definition) is 1. The number of anilines is 1. The zero-order chi connectivity index (χ0) is 18.8. The van der Waals surface area contributed by atoms with Crippen molar-refractivity contribution in [1.82, 2.24) is 9.55 Å². The van der Waals surface area contributed by atoms with E-state index in [-0.39, 0.29) is 24.0 Å². The lowest BCUT2D eigenvalue weighted by Gasteiger charge is -2.05. The van der Waals surface area contributed by atoms with Crippen LogP contribution < -0.4 is 5.32 Å². The molecular weight excluding hydrogens is 348 g/mol. The maximum absolute atomic E-state index is 13.8. The summed E-state index contributed by atoms with van der Waals surface area (Å²) in [5.74, 6) is -0.933. The van der Waals surface area contributed by atoms with Crippen LogP contribution in [0.25, 0.3) is 16.6 Å². The normalized spacial score (nSPS) is 10.9. The zero-order valence-electron chi connectivity index (χ0n) is 14.2. The molecule has 1 amide bonds. The molecule has 0 aliphatic heterocycles. The van der Waals surface area contributed by atoms with E-state index in [2.05, 4.69) is 10.3 Å². The van der Waals surface area contributed by atoms with E-state index in [1.165, 1.54) is 24.3 Å². The minimum atomic E-state index is -0.379. The molecule has 2 aromatic carbocycles. The Morgan fingerprint density at radius 3 is 2.41 bits per heavy atom. The third-order valence-corrected chi connectivity index (χ3v) is 4.27. The average molecular weight is 363 g/mol. The molecule has 0 saturated carbocycles. The van der Waals surface area contributed by atoms with Gasteiger partial charge in [0.05, 0.1) is 11.9 Å². The van der Waals surface area contributed by atoms with Crippen molar-refractivity contribution in [2.45, 2.75) is 6.42 Å². The Kier molecular flexibility index (Phi) is 4.38. The molecule has 27 heavy (non-hydrogen) atoms. The minimum absolute atomic E-state index is 0.0798. The molecule has 0 saturated heterocycles. The van der Waals surface area contributed by atoms with Crippen LogP contribution in [-0.4, -0.2) is 15.5 Å². The Morgan fingerprint density at radius 2 is 1.67 bits per heavy atom. The fourth-order valence-corrected chi connectivity index (χ4v) is 3.04. The van der Waals surface area contributed by atoms with Gasteiger partial charge in [-0.25, -0.2) is 8.78 Å². The van der Waals surface area contributed by atoms with Crippen molar-refractivity contribution in [2.75, 3.05) is 5.32 Å². The van der Waals surface area contributed by atoms with Crippen LogP contribution in [0.2, 0.25) is 0 Å². The number of hydrogen-bond acceptors (Lipinski definition) is 2. The molecular formula is C21H15F2N3O. The van der Waals surface area contributed by atoms with E-state index >= 15 is 0 Å². The van der Waals surface area contributed by atoms with E-state index in [0.717, 1.165) is 11.2 Å². The van der Waals surface area contributed by atoms with E-state index < -0.39 is 0 Å². The highest BCUT2D eigenvalue weighted by Gasteiger charge is 2.14. The summed E-state index contributed by atoms with van der Waals surface area (Å²) >= 11 is 0. The number of rotatable bonds is 4. The van der Waals surface area contributed by atoms with Crippen molar-refractivity contribution in [3.05, 3.63) is 90.4 Å². The van der Waals surface area contributed by atoms with Gasteiger partial charge in [0, 0.05) is 35.4 Å². The predicted molar refractivity (Wildman–Crippen MR) is 99.8 cm³/mol. The number of benzene rings is 2. The van der Waals surface area contributed by atoms with E-state index in [9.17, 15) is 13.6 Å². The molecule has 0 bridgehead atoms. The van der Waals surface area contributed by atoms with Crippen LogP contribution in [0.5, 0.6) is 0 Å². The van der Waals surface area contributed by atoms with Crippen LogP contribution in [0.4, 0.5) is 14.5 Å². The summed E-state index contributed by atoms with van der Waals surface area (Å²) in [5.41, 5.74) is 2.80. The Hall–Kier alpha value is -3.54. The molecule has 2 heterocycles. The van der Waals surface area contributed by atoms with Crippen LogP contribution in [-0.2, 0) is 11.2 Å². The van der Waals surface area contributed by atoms with Crippen molar-refractivity contribution in [2.24, 2.45) is 0 Å². The largest absolute Gasteiger partial charge is 0.326 e. The molecule has 0 fully saturated rings. The first-order valence-corrected chi connectivity index (χ1v) is 8.35. The molecule has 0 radical (unpaired) electrons. The summed E-state index contributed by atoms with van der Waals surface area (Å²) in [4.78, 5) is 16.3. The first kappa shape index (κ1) is 16.9. The number of carbonyl (C=O) groups excluding carboxylic acids is 1. The summed E-state index contributed by atoms with van der Waals surface area (Å²) in [5, 5.41) is 3.44. The number of aromatic nitrogens is 2. The van der Waals surface area contributed by atoms with Gasteiger partial charge in [-0.1, -0.05) is 0 Å². The van der Waals surface area contributed by atoms with Gasteiger partial charge in [0.25, 0.3) is 0 Å². The maximum Gasteiger partial charge on any atom is 0.228 e.